The third kappa shape index (κ3) is 7.74. The topological polar surface area (TPSA) is 50.9 Å². The molecule has 4 nitrogen and oxygen atoms in total. The zero-order chi connectivity index (χ0) is 50.8. The molecule has 4 heteroatoms. The van der Waals surface area contributed by atoms with Crippen molar-refractivity contribution in [1.29, 1.82) is 0 Å². The van der Waals surface area contributed by atoms with E-state index in [1.807, 2.05) is 74.5 Å². The SMILES string of the molecule is [2H]C([2H])([2H])C(c1ccc(-c2ccnc(-c3cc(-c4ccccc4)cc(-c4cccc5c4nc(-c4cc(C)cc(C)c4O)n5-c4ccc(-c5ccccc5)c(C(C)(C)C)c4)c3)c2)cc1)(C([2H])([2H])[2H])C([2H])([2H])[2H]. The van der Waals surface area contributed by atoms with E-state index in [4.69, 9.17) is 22.3 Å². The van der Waals surface area contributed by atoms with Crippen molar-refractivity contribution < 1.29 is 17.4 Å². The highest BCUT2D eigenvalue weighted by Crippen LogP contribution is 2.43. The number of rotatable bonds is 7. The van der Waals surface area contributed by atoms with Crippen LogP contribution in [0.25, 0.3) is 83.9 Å². The highest BCUT2D eigenvalue weighted by Gasteiger charge is 2.25. The highest BCUT2D eigenvalue weighted by molar-refractivity contribution is 5.98. The Balaban J connectivity index is 1.23. The van der Waals surface area contributed by atoms with Gasteiger partial charge in [0, 0.05) is 35.3 Å². The average molecular weight is 817 g/mol. The number of aryl methyl sites for hydroxylation is 2. The monoisotopic (exact) mass is 816 g/mol. The number of nitrogens with zero attached hydrogens (tertiary/aromatic N) is 3. The molecule has 9 aromatic rings. The zero-order valence-electron chi connectivity index (χ0n) is 44.5. The first-order valence-electron chi connectivity index (χ1n) is 25.3. The van der Waals surface area contributed by atoms with Gasteiger partial charge in [0.15, 0.2) is 0 Å². The Bertz CT molecular complexity index is 3400. The van der Waals surface area contributed by atoms with Crippen molar-refractivity contribution in [1.82, 2.24) is 14.5 Å². The van der Waals surface area contributed by atoms with E-state index in [0.717, 1.165) is 72.4 Å². The molecular formula is C58H53N3O. The van der Waals surface area contributed by atoms with Crippen molar-refractivity contribution in [2.24, 2.45) is 0 Å². The summed E-state index contributed by atoms with van der Waals surface area (Å²) >= 11 is 0. The molecule has 0 atom stereocenters. The first-order chi connectivity index (χ1) is 33.5. The molecule has 9 rings (SSSR count). The van der Waals surface area contributed by atoms with Crippen LogP contribution in [0, 0.1) is 13.8 Å². The van der Waals surface area contributed by atoms with E-state index in [1.54, 1.807) is 24.4 Å². The van der Waals surface area contributed by atoms with Crippen molar-refractivity contribution in [3.63, 3.8) is 0 Å². The Morgan fingerprint density at radius 2 is 1.21 bits per heavy atom. The van der Waals surface area contributed by atoms with Crippen molar-refractivity contribution in [3.8, 4) is 78.6 Å². The predicted octanol–water partition coefficient (Wildman–Crippen LogP) is 15.3. The molecule has 0 radical (unpaired) electrons. The van der Waals surface area contributed by atoms with E-state index in [1.165, 1.54) is 12.1 Å². The fourth-order valence-electron chi connectivity index (χ4n) is 8.47. The van der Waals surface area contributed by atoms with Crippen LogP contribution in [0.3, 0.4) is 0 Å². The molecule has 0 amide bonds. The lowest BCUT2D eigenvalue weighted by Crippen LogP contribution is -2.14. The van der Waals surface area contributed by atoms with Crippen LogP contribution in [0.2, 0.25) is 0 Å². The van der Waals surface area contributed by atoms with Crippen LogP contribution >= 0.6 is 0 Å². The van der Waals surface area contributed by atoms with Crippen LogP contribution in [0.4, 0.5) is 0 Å². The van der Waals surface area contributed by atoms with Crippen molar-refractivity contribution >= 4 is 11.0 Å². The third-order valence-electron chi connectivity index (χ3n) is 11.6. The van der Waals surface area contributed by atoms with Gasteiger partial charge in [-0.2, -0.15) is 0 Å². The molecule has 0 unspecified atom stereocenters. The molecule has 0 fully saturated rings. The largest absolute Gasteiger partial charge is 0.507 e. The number of pyridine rings is 1. The lowest BCUT2D eigenvalue weighted by molar-refractivity contribution is 0.472. The molecule has 0 aliphatic rings. The second-order valence-electron chi connectivity index (χ2n) is 17.2. The minimum Gasteiger partial charge on any atom is -0.507 e. The normalized spacial score (nSPS) is 14.7. The lowest BCUT2D eigenvalue weighted by atomic mass is 9.81. The van der Waals surface area contributed by atoms with Crippen LogP contribution in [-0.2, 0) is 10.8 Å². The van der Waals surface area contributed by atoms with Crippen LogP contribution in [-0.4, -0.2) is 19.6 Å². The van der Waals surface area contributed by atoms with E-state index in [0.29, 0.717) is 28.2 Å². The standard InChI is InChI=1S/C58H53N3O/c1-37-30-38(2)55(62)50(31-37)56-60-54-49(20-15-21-53(54)61(56)47-26-27-48(41-18-13-10-14-19-41)51(36-47)58(6,7)8)44-32-43(39-16-11-9-12-17-39)33-45(34-44)52-35-42(28-29-59-52)40-22-24-46(25-23-40)57(3,4)5/h9-36,62H,1-8H3/i3D3,4D3,5D3. The summed E-state index contributed by atoms with van der Waals surface area (Å²) < 4.78 is 75.9. The Morgan fingerprint density at radius 1 is 0.532 bits per heavy atom. The average Bonchev–Trinajstić information content (AvgIpc) is 3.71. The van der Waals surface area contributed by atoms with Crippen LogP contribution in [0.15, 0.2) is 170 Å². The number of hydrogen-bond acceptors (Lipinski definition) is 3. The van der Waals surface area contributed by atoms with Gasteiger partial charge in [0.25, 0.3) is 0 Å². The quantitative estimate of drug-likeness (QED) is 0.174. The predicted molar refractivity (Wildman–Crippen MR) is 260 cm³/mol. The molecule has 1 N–H and O–H groups in total. The molecule has 0 bridgehead atoms. The second-order valence-corrected chi connectivity index (χ2v) is 17.2. The fourth-order valence-corrected chi connectivity index (χ4v) is 8.47. The molecular weight excluding hydrogens is 755 g/mol. The van der Waals surface area contributed by atoms with Crippen molar-refractivity contribution in [2.75, 3.05) is 0 Å². The summed E-state index contributed by atoms with van der Waals surface area (Å²) in [5, 5.41) is 11.8. The van der Waals surface area contributed by atoms with E-state index in [-0.39, 0.29) is 16.7 Å². The van der Waals surface area contributed by atoms with E-state index in [9.17, 15) is 5.11 Å². The second kappa shape index (κ2) is 15.8. The Hall–Kier alpha value is -7.04. The van der Waals surface area contributed by atoms with Gasteiger partial charge < -0.3 is 5.11 Å². The minimum atomic E-state index is -3.37. The number of imidazole rings is 1. The van der Waals surface area contributed by atoms with Gasteiger partial charge in [0.2, 0.25) is 0 Å². The molecule has 0 aliphatic carbocycles. The summed E-state index contributed by atoms with van der Waals surface area (Å²) in [5.41, 5.74) is 11.0. The van der Waals surface area contributed by atoms with Crippen LogP contribution < -0.4 is 0 Å². The molecule has 2 heterocycles. The molecule has 306 valence electrons. The van der Waals surface area contributed by atoms with Gasteiger partial charge in [-0.15, -0.1) is 0 Å². The Morgan fingerprint density at radius 3 is 1.92 bits per heavy atom. The van der Waals surface area contributed by atoms with Crippen molar-refractivity contribution in [2.45, 2.75) is 66.0 Å². The highest BCUT2D eigenvalue weighted by atomic mass is 16.3. The van der Waals surface area contributed by atoms with E-state index < -0.39 is 26.0 Å². The van der Waals surface area contributed by atoms with Gasteiger partial charge in [-0.25, -0.2) is 4.98 Å². The zero-order valence-corrected chi connectivity index (χ0v) is 35.5. The number of phenolic OH excluding ortho intramolecular Hbond substituents is 1. The van der Waals surface area contributed by atoms with Crippen molar-refractivity contribution in [3.05, 3.63) is 192 Å². The maximum Gasteiger partial charge on any atom is 0.149 e. The lowest BCUT2D eigenvalue weighted by Gasteiger charge is -2.25. The minimum absolute atomic E-state index is 0.158. The molecule has 0 saturated heterocycles. The number of fused-ring (bicyclic) bond motifs is 1. The van der Waals surface area contributed by atoms with Gasteiger partial charge in [0.1, 0.15) is 11.6 Å². The maximum atomic E-state index is 11.8. The van der Waals surface area contributed by atoms with E-state index >= 15 is 0 Å². The van der Waals surface area contributed by atoms with E-state index in [2.05, 4.69) is 98.1 Å². The first kappa shape index (κ1) is 30.9. The summed E-state index contributed by atoms with van der Waals surface area (Å²) in [4.78, 5) is 10.3. The number of aromatic nitrogens is 3. The fraction of sp³-hybridized carbons (Fsp3) is 0.172. The number of hydrogen-bond donors (Lipinski definition) is 1. The van der Waals surface area contributed by atoms with Gasteiger partial charge in [-0.05, 0) is 140 Å². The smallest absolute Gasteiger partial charge is 0.149 e. The summed E-state index contributed by atoms with van der Waals surface area (Å²) in [6, 6.07) is 52.7. The Labute approximate surface area is 378 Å². The summed E-state index contributed by atoms with van der Waals surface area (Å²) in [5.74, 6) is 0.753. The molecule has 0 aliphatic heterocycles. The molecule has 0 spiro atoms. The van der Waals surface area contributed by atoms with Crippen LogP contribution in [0.5, 0.6) is 5.75 Å². The third-order valence-corrected chi connectivity index (χ3v) is 11.6. The first-order valence-corrected chi connectivity index (χ1v) is 20.8. The molecule has 62 heavy (non-hydrogen) atoms. The number of phenols is 1. The molecule has 7 aromatic carbocycles. The van der Waals surface area contributed by atoms with Gasteiger partial charge in [-0.3, -0.25) is 9.55 Å². The number of para-hydroxylation sites is 1. The summed E-state index contributed by atoms with van der Waals surface area (Å²) in [6.45, 7) is 0.458. The maximum absolute atomic E-state index is 11.8. The number of benzene rings is 7. The number of aromatic hydroxyl groups is 1. The van der Waals surface area contributed by atoms with Crippen LogP contribution in [0.1, 0.15) is 75.9 Å². The summed E-state index contributed by atoms with van der Waals surface area (Å²) in [7, 11) is 0. The Kier molecular flexibility index (Phi) is 7.86. The van der Waals surface area contributed by atoms with Gasteiger partial charge >= 0.3 is 0 Å². The van der Waals surface area contributed by atoms with Gasteiger partial charge in [-0.1, -0.05) is 151 Å². The molecule has 2 aromatic heterocycles. The molecule has 0 saturated carbocycles. The summed E-state index contributed by atoms with van der Waals surface area (Å²) in [6.07, 6.45) is 1.67. The van der Waals surface area contributed by atoms with Gasteiger partial charge in [0.05, 0.1) is 22.3 Å².